The van der Waals surface area contributed by atoms with Crippen LogP contribution in [-0.2, 0) is 11.0 Å². The van der Waals surface area contributed by atoms with Gasteiger partial charge in [-0.15, -0.1) is 11.3 Å². The zero-order valence-corrected chi connectivity index (χ0v) is 15.5. The standard InChI is InChI=1S/C18H14F3N3OS2/c19-18(20,21)12-5-3-11(4-6-12)16-23-13(9-26-16)7-14-15(25)24-17(27-14)22-8-10-1-2-10/h3-7,9-10H,1-2,8H2,(H,22,24,25)/b14-7-. The van der Waals surface area contributed by atoms with E-state index >= 15 is 0 Å². The quantitative estimate of drug-likeness (QED) is 0.738. The number of carbonyl (C=O) groups is 1. The molecule has 1 N–H and O–H groups in total. The fourth-order valence-corrected chi connectivity index (χ4v) is 4.03. The minimum Gasteiger partial charge on any atom is -0.301 e. The van der Waals surface area contributed by atoms with Crippen LogP contribution in [0.4, 0.5) is 13.2 Å². The molecule has 2 heterocycles. The van der Waals surface area contributed by atoms with E-state index in [1.807, 2.05) is 0 Å². The molecule has 4 nitrogen and oxygen atoms in total. The van der Waals surface area contributed by atoms with Gasteiger partial charge >= 0.3 is 6.18 Å². The first kappa shape index (κ1) is 18.2. The largest absolute Gasteiger partial charge is 0.416 e. The number of carbonyl (C=O) groups excluding carboxylic acids is 1. The van der Waals surface area contributed by atoms with Gasteiger partial charge in [0.2, 0.25) is 0 Å². The summed E-state index contributed by atoms with van der Waals surface area (Å²) in [5, 5.41) is 5.72. The van der Waals surface area contributed by atoms with Crippen LogP contribution in [0, 0.1) is 5.92 Å². The first-order chi connectivity index (χ1) is 12.9. The number of amides is 1. The van der Waals surface area contributed by atoms with Crippen LogP contribution in [0.3, 0.4) is 0 Å². The number of rotatable bonds is 4. The van der Waals surface area contributed by atoms with Gasteiger partial charge in [0, 0.05) is 17.5 Å². The Kier molecular flexibility index (Phi) is 4.81. The third-order valence-electron chi connectivity index (χ3n) is 4.10. The van der Waals surface area contributed by atoms with Gasteiger partial charge in [0.25, 0.3) is 5.91 Å². The number of hydrogen-bond acceptors (Lipinski definition) is 5. The molecule has 2 fully saturated rings. The van der Waals surface area contributed by atoms with Crippen LogP contribution in [0.2, 0.25) is 0 Å². The summed E-state index contributed by atoms with van der Waals surface area (Å²) in [6.07, 6.45) is -0.292. The Labute approximate surface area is 161 Å². The van der Waals surface area contributed by atoms with E-state index in [0.717, 1.165) is 18.7 Å². The molecule has 1 saturated carbocycles. The van der Waals surface area contributed by atoms with E-state index < -0.39 is 11.7 Å². The van der Waals surface area contributed by atoms with E-state index in [1.165, 1.54) is 48.1 Å². The predicted molar refractivity (Wildman–Crippen MR) is 101 cm³/mol. The molecule has 27 heavy (non-hydrogen) atoms. The molecule has 1 aliphatic carbocycles. The van der Waals surface area contributed by atoms with Gasteiger partial charge < -0.3 is 5.32 Å². The normalized spacial score (nSPS) is 20.5. The molecule has 1 aromatic carbocycles. The third kappa shape index (κ3) is 4.41. The van der Waals surface area contributed by atoms with Crippen LogP contribution < -0.4 is 5.32 Å². The summed E-state index contributed by atoms with van der Waals surface area (Å²) in [5.74, 6) is 0.437. The number of hydrogen-bond donors (Lipinski definition) is 1. The molecule has 4 rings (SSSR count). The van der Waals surface area contributed by atoms with Crippen LogP contribution in [0.25, 0.3) is 16.6 Å². The molecule has 2 aromatic rings. The maximum Gasteiger partial charge on any atom is 0.416 e. The van der Waals surface area contributed by atoms with Crippen LogP contribution in [-0.4, -0.2) is 22.6 Å². The molecule has 0 unspecified atom stereocenters. The van der Waals surface area contributed by atoms with Gasteiger partial charge in [-0.25, -0.2) is 4.98 Å². The topological polar surface area (TPSA) is 54.4 Å². The number of nitrogens with zero attached hydrogens (tertiary/aromatic N) is 2. The van der Waals surface area contributed by atoms with Gasteiger partial charge in [0.1, 0.15) is 5.01 Å². The van der Waals surface area contributed by atoms with Crippen LogP contribution in [0.15, 0.2) is 39.5 Å². The second-order valence-corrected chi connectivity index (χ2v) is 8.20. The lowest BCUT2D eigenvalue weighted by atomic mass is 10.1. The number of thioether (sulfide) groups is 1. The van der Waals surface area contributed by atoms with E-state index in [1.54, 1.807) is 11.5 Å². The van der Waals surface area contributed by atoms with Crippen molar-refractivity contribution in [3.63, 3.8) is 0 Å². The zero-order chi connectivity index (χ0) is 19.0. The number of alkyl halides is 3. The summed E-state index contributed by atoms with van der Waals surface area (Å²) >= 11 is 2.60. The number of aromatic nitrogens is 1. The molecular weight excluding hydrogens is 395 g/mol. The van der Waals surface area contributed by atoms with Gasteiger partial charge in [-0.2, -0.15) is 13.2 Å². The number of nitrogens with one attached hydrogen (secondary N) is 1. The molecule has 9 heteroatoms. The predicted octanol–water partition coefficient (Wildman–Crippen LogP) is 4.80. The zero-order valence-electron chi connectivity index (χ0n) is 13.9. The monoisotopic (exact) mass is 409 g/mol. The molecule has 2 aliphatic rings. The minimum atomic E-state index is -4.36. The maximum absolute atomic E-state index is 12.7. The molecule has 0 bridgehead atoms. The van der Waals surface area contributed by atoms with Crippen molar-refractivity contribution in [2.75, 3.05) is 6.54 Å². The second-order valence-electron chi connectivity index (χ2n) is 6.31. The number of thiazole rings is 1. The minimum absolute atomic E-state index is 0.210. The Balaban J connectivity index is 1.48. The Morgan fingerprint density at radius 3 is 2.67 bits per heavy atom. The lowest BCUT2D eigenvalue weighted by molar-refractivity contribution is -0.137. The highest BCUT2D eigenvalue weighted by atomic mass is 32.2. The van der Waals surface area contributed by atoms with Crippen molar-refractivity contribution in [2.45, 2.75) is 19.0 Å². The van der Waals surface area contributed by atoms with Gasteiger partial charge in [0.15, 0.2) is 5.17 Å². The first-order valence-corrected chi connectivity index (χ1v) is 9.96. The van der Waals surface area contributed by atoms with Crippen molar-refractivity contribution in [1.82, 2.24) is 10.3 Å². The van der Waals surface area contributed by atoms with Crippen LogP contribution in [0.1, 0.15) is 24.1 Å². The van der Waals surface area contributed by atoms with Crippen molar-refractivity contribution in [3.8, 4) is 10.6 Å². The van der Waals surface area contributed by atoms with E-state index in [-0.39, 0.29) is 5.91 Å². The first-order valence-electron chi connectivity index (χ1n) is 8.27. The number of halogens is 3. The smallest absolute Gasteiger partial charge is 0.301 e. The molecule has 0 atom stereocenters. The van der Waals surface area contributed by atoms with Crippen molar-refractivity contribution in [1.29, 1.82) is 0 Å². The third-order valence-corrected chi connectivity index (χ3v) is 5.96. The molecule has 1 aliphatic heterocycles. The Morgan fingerprint density at radius 1 is 1.26 bits per heavy atom. The van der Waals surface area contributed by atoms with Crippen LogP contribution >= 0.6 is 23.1 Å². The molecule has 1 saturated heterocycles. The van der Waals surface area contributed by atoms with E-state index in [4.69, 9.17) is 0 Å². The highest BCUT2D eigenvalue weighted by Gasteiger charge is 2.30. The highest BCUT2D eigenvalue weighted by molar-refractivity contribution is 8.18. The average molecular weight is 409 g/mol. The average Bonchev–Trinajstić information content (AvgIpc) is 3.24. The Bertz CT molecular complexity index is 928. The maximum atomic E-state index is 12.7. The van der Waals surface area contributed by atoms with E-state index in [0.29, 0.717) is 32.3 Å². The van der Waals surface area contributed by atoms with Crippen molar-refractivity contribution < 1.29 is 18.0 Å². The number of amidine groups is 1. The molecule has 0 spiro atoms. The fourth-order valence-electron chi connectivity index (χ4n) is 2.44. The highest BCUT2D eigenvalue weighted by Crippen LogP contribution is 2.33. The van der Waals surface area contributed by atoms with Gasteiger partial charge in [0.05, 0.1) is 16.2 Å². The number of benzene rings is 1. The molecule has 1 amide bonds. The lowest BCUT2D eigenvalue weighted by Crippen LogP contribution is -2.20. The van der Waals surface area contributed by atoms with E-state index in [2.05, 4.69) is 15.3 Å². The molecule has 140 valence electrons. The summed E-state index contributed by atoms with van der Waals surface area (Å²) in [5.41, 5.74) is 0.506. The lowest BCUT2D eigenvalue weighted by Gasteiger charge is -2.06. The Hall–Kier alpha value is -2.13. The SMILES string of the molecule is O=C1NC(=NCC2CC2)S/C1=C\c1csc(-c2ccc(C(F)(F)F)cc2)n1. The number of aliphatic imine (C=N–C) groups is 1. The summed E-state index contributed by atoms with van der Waals surface area (Å²) in [6.45, 7) is 0.741. The summed E-state index contributed by atoms with van der Waals surface area (Å²) < 4.78 is 38.0. The fraction of sp³-hybridized carbons (Fsp3) is 0.278. The van der Waals surface area contributed by atoms with Gasteiger partial charge in [-0.05, 0) is 48.7 Å². The second kappa shape index (κ2) is 7.12. The van der Waals surface area contributed by atoms with Crippen molar-refractivity contribution >= 4 is 40.2 Å². The van der Waals surface area contributed by atoms with Crippen molar-refractivity contribution in [2.24, 2.45) is 10.9 Å². The van der Waals surface area contributed by atoms with E-state index in [9.17, 15) is 18.0 Å². The summed E-state index contributed by atoms with van der Waals surface area (Å²) in [6, 6.07) is 4.88. The van der Waals surface area contributed by atoms with Crippen molar-refractivity contribution in [3.05, 3.63) is 45.8 Å². The summed E-state index contributed by atoms with van der Waals surface area (Å²) in [4.78, 5) is 21.4. The molecule has 1 aromatic heterocycles. The summed E-state index contributed by atoms with van der Waals surface area (Å²) in [7, 11) is 0. The van der Waals surface area contributed by atoms with Gasteiger partial charge in [-0.3, -0.25) is 9.79 Å². The molecular formula is C18H14F3N3OS2. The molecule has 0 radical (unpaired) electrons. The van der Waals surface area contributed by atoms with Gasteiger partial charge in [-0.1, -0.05) is 12.1 Å². The Morgan fingerprint density at radius 2 is 2.00 bits per heavy atom. The van der Waals surface area contributed by atoms with Crippen LogP contribution in [0.5, 0.6) is 0 Å².